The number of fused-ring (bicyclic) bond motifs is 1. The average Bonchev–Trinajstić information content (AvgIpc) is 2.92. The van der Waals surface area contributed by atoms with Crippen LogP contribution in [-0.4, -0.2) is 39.3 Å². The Hall–Kier alpha value is -1.59. The summed E-state index contributed by atoms with van der Waals surface area (Å²) in [7, 11) is 1.66. The van der Waals surface area contributed by atoms with E-state index in [1.54, 1.807) is 7.11 Å². The highest BCUT2D eigenvalue weighted by Gasteiger charge is 2.41. The van der Waals surface area contributed by atoms with Crippen molar-refractivity contribution < 1.29 is 14.3 Å². The number of carbonyl (C=O) groups excluding carboxylic acids is 1. The van der Waals surface area contributed by atoms with Crippen LogP contribution in [0.5, 0.6) is 5.75 Å². The van der Waals surface area contributed by atoms with Crippen LogP contribution in [0, 0.1) is 5.41 Å². The number of hydrogen-bond donors (Lipinski definition) is 2. The van der Waals surface area contributed by atoms with Gasteiger partial charge in [-0.15, -0.1) is 0 Å². The molecule has 1 aromatic carbocycles. The highest BCUT2D eigenvalue weighted by atomic mass is 16.5. The molecule has 2 aliphatic rings. The SMILES string of the molecule is COCC1(C(=O)NC2COc3ccccc32)CCNCC1. The fourth-order valence-electron chi connectivity index (χ4n) is 3.21. The summed E-state index contributed by atoms with van der Waals surface area (Å²) < 4.78 is 11.0. The molecule has 3 rings (SSSR count). The molecule has 0 bridgehead atoms. The van der Waals surface area contributed by atoms with Crippen molar-refractivity contribution in [1.29, 1.82) is 0 Å². The molecule has 2 heterocycles. The van der Waals surface area contributed by atoms with Crippen LogP contribution in [-0.2, 0) is 9.53 Å². The average molecular weight is 290 g/mol. The number of piperidine rings is 1. The Morgan fingerprint density at radius 3 is 2.95 bits per heavy atom. The zero-order valence-corrected chi connectivity index (χ0v) is 12.4. The lowest BCUT2D eigenvalue weighted by Crippen LogP contribution is -2.51. The summed E-state index contributed by atoms with van der Waals surface area (Å²) in [6.45, 7) is 2.69. The van der Waals surface area contributed by atoms with Crippen LogP contribution >= 0.6 is 0 Å². The largest absolute Gasteiger partial charge is 0.491 e. The smallest absolute Gasteiger partial charge is 0.229 e. The molecule has 1 amide bonds. The molecule has 1 fully saturated rings. The van der Waals surface area contributed by atoms with Crippen LogP contribution in [0.2, 0.25) is 0 Å². The fraction of sp³-hybridized carbons (Fsp3) is 0.562. The summed E-state index contributed by atoms with van der Waals surface area (Å²) in [6, 6.07) is 7.82. The number of nitrogens with one attached hydrogen (secondary N) is 2. The maximum atomic E-state index is 12.8. The minimum Gasteiger partial charge on any atom is -0.491 e. The van der Waals surface area contributed by atoms with Gasteiger partial charge in [0.15, 0.2) is 0 Å². The highest BCUT2D eigenvalue weighted by molar-refractivity contribution is 5.83. The number of hydrogen-bond acceptors (Lipinski definition) is 4. The number of para-hydroxylation sites is 1. The molecule has 1 atom stereocenters. The van der Waals surface area contributed by atoms with Crippen molar-refractivity contribution in [1.82, 2.24) is 10.6 Å². The van der Waals surface area contributed by atoms with Gasteiger partial charge >= 0.3 is 0 Å². The van der Waals surface area contributed by atoms with Gasteiger partial charge in [-0.25, -0.2) is 0 Å². The molecule has 1 aromatic rings. The Labute approximate surface area is 125 Å². The molecule has 0 saturated carbocycles. The van der Waals surface area contributed by atoms with Crippen molar-refractivity contribution in [3.63, 3.8) is 0 Å². The van der Waals surface area contributed by atoms with Gasteiger partial charge in [-0.1, -0.05) is 18.2 Å². The van der Waals surface area contributed by atoms with E-state index < -0.39 is 5.41 Å². The second-order valence-electron chi connectivity index (χ2n) is 5.84. The number of rotatable bonds is 4. The maximum Gasteiger partial charge on any atom is 0.229 e. The molecule has 1 unspecified atom stereocenters. The summed E-state index contributed by atoms with van der Waals surface area (Å²) in [5.74, 6) is 0.949. The van der Waals surface area contributed by atoms with Crippen molar-refractivity contribution in [3.8, 4) is 5.75 Å². The molecule has 0 spiro atoms. The summed E-state index contributed by atoms with van der Waals surface area (Å²) >= 11 is 0. The molecule has 0 radical (unpaired) electrons. The Morgan fingerprint density at radius 1 is 1.43 bits per heavy atom. The van der Waals surface area contributed by atoms with Gasteiger partial charge in [0.1, 0.15) is 12.4 Å². The molecule has 1 saturated heterocycles. The van der Waals surface area contributed by atoms with Gasteiger partial charge < -0.3 is 20.1 Å². The van der Waals surface area contributed by atoms with E-state index in [4.69, 9.17) is 9.47 Å². The third-order valence-electron chi connectivity index (χ3n) is 4.47. The normalized spacial score (nSPS) is 23.2. The monoisotopic (exact) mass is 290 g/mol. The third kappa shape index (κ3) is 2.76. The van der Waals surface area contributed by atoms with E-state index in [2.05, 4.69) is 10.6 Å². The zero-order valence-electron chi connectivity index (χ0n) is 12.4. The van der Waals surface area contributed by atoms with Crippen LogP contribution in [0.15, 0.2) is 24.3 Å². The topological polar surface area (TPSA) is 59.6 Å². The van der Waals surface area contributed by atoms with Gasteiger partial charge in [0, 0.05) is 12.7 Å². The number of ether oxygens (including phenoxy) is 2. The quantitative estimate of drug-likeness (QED) is 0.876. The van der Waals surface area contributed by atoms with Crippen molar-refractivity contribution in [2.24, 2.45) is 5.41 Å². The lowest BCUT2D eigenvalue weighted by Gasteiger charge is -2.36. The number of carbonyl (C=O) groups is 1. The lowest BCUT2D eigenvalue weighted by atomic mass is 9.78. The molecular weight excluding hydrogens is 268 g/mol. The second-order valence-corrected chi connectivity index (χ2v) is 5.84. The first-order valence-electron chi connectivity index (χ1n) is 7.47. The molecule has 0 aliphatic carbocycles. The fourth-order valence-corrected chi connectivity index (χ4v) is 3.21. The molecule has 21 heavy (non-hydrogen) atoms. The molecular formula is C16H22N2O3. The van der Waals surface area contributed by atoms with E-state index >= 15 is 0 Å². The van der Waals surface area contributed by atoms with Crippen molar-refractivity contribution >= 4 is 5.91 Å². The minimum atomic E-state index is -0.419. The lowest BCUT2D eigenvalue weighted by molar-refractivity contribution is -0.137. The van der Waals surface area contributed by atoms with Crippen LogP contribution in [0.3, 0.4) is 0 Å². The molecule has 5 heteroatoms. The first-order chi connectivity index (χ1) is 10.2. The Balaban J connectivity index is 1.73. The van der Waals surface area contributed by atoms with Gasteiger partial charge in [0.05, 0.1) is 18.1 Å². The number of methoxy groups -OCH3 is 1. The zero-order chi connectivity index (χ0) is 14.7. The van der Waals surface area contributed by atoms with Gasteiger partial charge in [-0.05, 0) is 32.0 Å². The van der Waals surface area contributed by atoms with Gasteiger partial charge in [-0.3, -0.25) is 4.79 Å². The Kier molecular flexibility index (Phi) is 4.12. The Morgan fingerprint density at radius 2 is 2.19 bits per heavy atom. The second kappa shape index (κ2) is 6.03. The van der Waals surface area contributed by atoms with E-state index in [1.807, 2.05) is 24.3 Å². The van der Waals surface area contributed by atoms with Crippen LogP contribution in [0.25, 0.3) is 0 Å². The summed E-state index contributed by atoms with van der Waals surface area (Å²) in [5, 5.41) is 6.46. The Bertz CT molecular complexity index is 506. The molecule has 2 N–H and O–H groups in total. The number of benzene rings is 1. The summed E-state index contributed by atoms with van der Waals surface area (Å²) in [4.78, 5) is 12.8. The first-order valence-corrected chi connectivity index (χ1v) is 7.47. The van der Waals surface area contributed by atoms with Gasteiger partial charge in [-0.2, -0.15) is 0 Å². The van der Waals surface area contributed by atoms with E-state index in [-0.39, 0.29) is 11.9 Å². The predicted molar refractivity (Wildman–Crippen MR) is 79.2 cm³/mol. The van der Waals surface area contributed by atoms with Crippen LogP contribution in [0.1, 0.15) is 24.4 Å². The minimum absolute atomic E-state index is 0.0580. The van der Waals surface area contributed by atoms with Crippen molar-refractivity contribution in [3.05, 3.63) is 29.8 Å². The van der Waals surface area contributed by atoms with Crippen LogP contribution in [0.4, 0.5) is 0 Å². The molecule has 2 aliphatic heterocycles. The molecule has 0 aromatic heterocycles. The molecule has 114 valence electrons. The highest BCUT2D eigenvalue weighted by Crippen LogP contribution is 2.34. The van der Waals surface area contributed by atoms with Gasteiger partial charge in [0.25, 0.3) is 0 Å². The maximum absolute atomic E-state index is 12.8. The van der Waals surface area contributed by atoms with E-state index in [1.165, 1.54) is 0 Å². The molecule has 5 nitrogen and oxygen atoms in total. The van der Waals surface area contributed by atoms with E-state index in [0.29, 0.717) is 13.2 Å². The van der Waals surface area contributed by atoms with E-state index in [9.17, 15) is 4.79 Å². The first kappa shape index (κ1) is 14.4. The third-order valence-corrected chi connectivity index (χ3v) is 4.47. The summed E-state index contributed by atoms with van der Waals surface area (Å²) in [5.41, 5.74) is 0.643. The van der Waals surface area contributed by atoms with Crippen molar-refractivity contribution in [2.45, 2.75) is 18.9 Å². The summed E-state index contributed by atoms with van der Waals surface area (Å²) in [6.07, 6.45) is 1.61. The number of amides is 1. The van der Waals surface area contributed by atoms with Gasteiger partial charge in [0.2, 0.25) is 5.91 Å². The predicted octanol–water partition coefficient (Wildman–Crippen LogP) is 1.25. The van der Waals surface area contributed by atoms with Crippen LogP contribution < -0.4 is 15.4 Å². The standard InChI is InChI=1S/C16H22N2O3/c1-20-11-16(6-8-17-9-7-16)15(19)18-13-10-21-14-5-3-2-4-12(13)14/h2-5,13,17H,6-11H2,1H3,(H,18,19). The van der Waals surface area contributed by atoms with E-state index in [0.717, 1.165) is 37.2 Å². The van der Waals surface area contributed by atoms with Crippen molar-refractivity contribution in [2.75, 3.05) is 33.4 Å².